The lowest BCUT2D eigenvalue weighted by molar-refractivity contribution is -0.117. The van der Waals surface area contributed by atoms with Crippen LogP contribution < -0.4 is 10.2 Å². The SMILES string of the molecule is CCCC1C(=O)Nc2ccccc2N1C(=O)c1cn(C)nc1C. The third kappa shape index (κ3) is 2.60. The first kappa shape index (κ1) is 15.3. The van der Waals surface area contributed by atoms with Crippen LogP contribution in [0.5, 0.6) is 0 Å². The van der Waals surface area contributed by atoms with Crippen LogP contribution in [0.25, 0.3) is 0 Å². The average molecular weight is 312 g/mol. The second-order valence-corrected chi connectivity index (χ2v) is 5.79. The minimum atomic E-state index is -0.498. The molecular formula is C17H20N4O2. The molecule has 1 aromatic carbocycles. The topological polar surface area (TPSA) is 67.2 Å². The van der Waals surface area contributed by atoms with Gasteiger partial charge >= 0.3 is 0 Å². The van der Waals surface area contributed by atoms with Crippen LogP contribution in [0.3, 0.4) is 0 Å². The molecule has 120 valence electrons. The fraction of sp³-hybridized carbons (Fsp3) is 0.353. The Morgan fingerprint density at radius 1 is 1.35 bits per heavy atom. The third-order valence-electron chi connectivity index (χ3n) is 4.06. The quantitative estimate of drug-likeness (QED) is 0.947. The molecule has 0 aliphatic carbocycles. The monoisotopic (exact) mass is 312 g/mol. The van der Waals surface area contributed by atoms with Gasteiger partial charge in [-0.2, -0.15) is 5.10 Å². The predicted molar refractivity (Wildman–Crippen MR) is 88.5 cm³/mol. The van der Waals surface area contributed by atoms with Crippen molar-refractivity contribution in [3.63, 3.8) is 0 Å². The van der Waals surface area contributed by atoms with Crippen molar-refractivity contribution in [3.8, 4) is 0 Å². The molecular weight excluding hydrogens is 292 g/mol. The number of hydrogen-bond acceptors (Lipinski definition) is 3. The van der Waals surface area contributed by atoms with E-state index in [-0.39, 0.29) is 11.8 Å². The summed E-state index contributed by atoms with van der Waals surface area (Å²) in [7, 11) is 1.78. The molecule has 0 saturated heterocycles. The number of nitrogens with one attached hydrogen (secondary N) is 1. The van der Waals surface area contributed by atoms with Crippen LogP contribution in [0.2, 0.25) is 0 Å². The van der Waals surface area contributed by atoms with Crippen LogP contribution in [-0.2, 0) is 11.8 Å². The number of anilines is 2. The van der Waals surface area contributed by atoms with E-state index in [1.165, 1.54) is 0 Å². The zero-order valence-electron chi connectivity index (χ0n) is 13.5. The number of rotatable bonds is 3. The maximum absolute atomic E-state index is 13.1. The van der Waals surface area contributed by atoms with Crippen LogP contribution in [-0.4, -0.2) is 27.6 Å². The summed E-state index contributed by atoms with van der Waals surface area (Å²) in [4.78, 5) is 27.2. The van der Waals surface area contributed by atoms with Gasteiger partial charge in [0.05, 0.1) is 22.6 Å². The Balaban J connectivity index is 2.10. The van der Waals surface area contributed by atoms with Crippen molar-refractivity contribution >= 4 is 23.2 Å². The van der Waals surface area contributed by atoms with Crippen molar-refractivity contribution in [1.29, 1.82) is 0 Å². The number of fused-ring (bicyclic) bond motifs is 1. The van der Waals surface area contributed by atoms with E-state index in [1.807, 2.05) is 31.2 Å². The molecule has 6 heteroatoms. The molecule has 1 aliphatic rings. The normalized spacial score (nSPS) is 16.9. The van der Waals surface area contributed by atoms with E-state index in [9.17, 15) is 9.59 Å². The molecule has 1 unspecified atom stereocenters. The molecule has 0 fully saturated rings. The molecule has 3 rings (SSSR count). The van der Waals surface area contributed by atoms with E-state index in [0.29, 0.717) is 23.4 Å². The number of hydrogen-bond donors (Lipinski definition) is 1. The van der Waals surface area contributed by atoms with Gasteiger partial charge in [-0.3, -0.25) is 19.2 Å². The molecule has 23 heavy (non-hydrogen) atoms. The van der Waals surface area contributed by atoms with Gasteiger partial charge in [0.2, 0.25) is 5.91 Å². The van der Waals surface area contributed by atoms with Crippen LogP contribution in [0.15, 0.2) is 30.5 Å². The second-order valence-electron chi connectivity index (χ2n) is 5.79. The van der Waals surface area contributed by atoms with Crippen LogP contribution >= 0.6 is 0 Å². The number of amides is 2. The Bertz CT molecular complexity index is 766. The molecule has 1 N–H and O–H groups in total. The van der Waals surface area contributed by atoms with E-state index in [1.54, 1.807) is 29.7 Å². The van der Waals surface area contributed by atoms with E-state index in [0.717, 1.165) is 12.1 Å². The highest BCUT2D eigenvalue weighted by molar-refractivity contribution is 6.16. The molecule has 2 heterocycles. The number of nitrogens with zero attached hydrogens (tertiary/aromatic N) is 3. The first-order valence-corrected chi connectivity index (χ1v) is 7.76. The minimum Gasteiger partial charge on any atom is -0.322 e. The van der Waals surface area contributed by atoms with Crippen molar-refractivity contribution in [2.75, 3.05) is 10.2 Å². The Morgan fingerprint density at radius 2 is 2.09 bits per heavy atom. The van der Waals surface area contributed by atoms with Gasteiger partial charge in [-0.05, 0) is 25.5 Å². The number of carbonyl (C=O) groups excluding carboxylic acids is 2. The standard InChI is InChI=1S/C17H20N4O2/c1-4-7-15-16(22)18-13-8-5-6-9-14(13)21(15)17(23)12-10-20(3)19-11(12)2/h5-6,8-10,15H,4,7H2,1-3H3,(H,18,22). The molecule has 2 amide bonds. The molecule has 1 aliphatic heterocycles. The molecule has 0 spiro atoms. The Kier molecular flexibility index (Phi) is 3.90. The fourth-order valence-corrected chi connectivity index (χ4v) is 3.01. The van der Waals surface area contributed by atoms with Crippen molar-refractivity contribution in [2.24, 2.45) is 7.05 Å². The first-order valence-electron chi connectivity index (χ1n) is 7.76. The summed E-state index contributed by atoms with van der Waals surface area (Å²) in [5.41, 5.74) is 2.59. The highest BCUT2D eigenvalue weighted by Crippen LogP contribution is 2.34. The maximum atomic E-state index is 13.1. The van der Waals surface area contributed by atoms with Gasteiger partial charge in [0, 0.05) is 13.2 Å². The summed E-state index contributed by atoms with van der Waals surface area (Å²) in [6, 6.07) is 6.89. The van der Waals surface area contributed by atoms with Crippen molar-refractivity contribution < 1.29 is 9.59 Å². The average Bonchev–Trinajstić information content (AvgIpc) is 2.86. The lowest BCUT2D eigenvalue weighted by Gasteiger charge is -2.36. The molecule has 1 atom stereocenters. The largest absolute Gasteiger partial charge is 0.322 e. The zero-order valence-corrected chi connectivity index (χ0v) is 13.5. The van der Waals surface area contributed by atoms with Gasteiger partial charge < -0.3 is 5.32 Å². The highest BCUT2D eigenvalue weighted by atomic mass is 16.2. The van der Waals surface area contributed by atoms with Gasteiger partial charge in [-0.25, -0.2) is 0 Å². The first-order chi connectivity index (χ1) is 11.0. The molecule has 6 nitrogen and oxygen atoms in total. The number of aryl methyl sites for hydroxylation is 2. The Morgan fingerprint density at radius 3 is 2.74 bits per heavy atom. The number of carbonyl (C=O) groups is 2. The minimum absolute atomic E-state index is 0.138. The Hall–Kier alpha value is -2.63. The molecule has 2 aromatic rings. The lowest BCUT2D eigenvalue weighted by atomic mass is 10.0. The summed E-state index contributed by atoms with van der Waals surface area (Å²) in [6.07, 6.45) is 3.14. The van der Waals surface area contributed by atoms with Gasteiger partial charge in [0.15, 0.2) is 0 Å². The van der Waals surface area contributed by atoms with E-state index < -0.39 is 6.04 Å². The highest BCUT2D eigenvalue weighted by Gasteiger charge is 2.37. The Labute approximate surface area is 135 Å². The third-order valence-corrected chi connectivity index (χ3v) is 4.06. The molecule has 0 saturated carbocycles. The van der Waals surface area contributed by atoms with Gasteiger partial charge in [0.1, 0.15) is 6.04 Å². The summed E-state index contributed by atoms with van der Waals surface area (Å²) < 4.78 is 1.62. The summed E-state index contributed by atoms with van der Waals surface area (Å²) in [5.74, 6) is -0.322. The van der Waals surface area contributed by atoms with Gasteiger partial charge in [-0.1, -0.05) is 25.5 Å². The van der Waals surface area contributed by atoms with Crippen molar-refractivity contribution in [2.45, 2.75) is 32.7 Å². The fourth-order valence-electron chi connectivity index (χ4n) is 3.01. The smallest absolute Gasteiger partial charge is 0.262 e. The lowest BCUT2D eigenvalue weighted by Crippen LogP contribution is -2.51. The number of aromatic nitrogens is 2. The molecule has 0 bridgehead atoms. The summed E-state index contributed by atoms with van der Waals surface area (Å²) in [5, 5.41) is 7.14. The van der Waals surface area contributed by atoms with E-state index >= 15 is 0 Å². The van der Waals surface area contributed by atoms with E-state index in [4.69, 9.17) is 0 Å². The second kappa shape index (κ2) is 5.87. The van der Waals surface area contributed by atoms with Crippen molar-refractivity contribution in [3.05, 3.63) is 41.7 Å². The molecule has 0 radical (unpaired) electrons. The van der Waals surface area contributed by atoms with Crippen LogP contribution in [0.4, 0.5) is 11.4 Å². The summed E-state index contributed by atoms with van der Waals surface area (Å²) >= 11 is 0. The van der Waals surface area contributed by atoms with E-state index in [2.05, 4.69) is 10.4 Å². The summed E-state index contributed by atoms with van der Waals surface area (Å²) in [6.45, 7) is 3.81. The maximum Gasteiger partial charge on any atom is 0.262 e. The zero-order chi connectivity index (χ0) is 16.6. The van der Waals surface area contributed by atoms with Crippen LogP contribution in [0, 0.1) is 6.92 Å². The predicted octanol–water partition coefficient (Wildman–Crippen LogP) is 2.50. The number of para-hydroxylation sites is 2. The van der Waals surface area contributed by atoms with Gasteiger partial charge in [0.25, 0.3) is 5.91 Å². The van der Waals surface area contributed by atoms with Gasteiger partial charge in [-0.15, -0.1) is 0 Å². The number of benzene rings is 1. The molecule has 1 aromatic heterocycles. The van der Waals surface area contributed by atoms with Crippen LogP contribution in [0.1, 0.15) is 35.8 Å². The van der Waals surface area contributed by atoms with Crippen molar-refractivity contribution in [1.82, 2.24) is 9.78 Å².